The van der Waals surface area contributed by atoms with Crippen LogP contribution in [0.1, 0.15) is 31.2 Å². The summed E-state index contributed by atoms with van der Waals surface area (Å²) in [6.45, 7) is 0.321. The fraction of sp³-hybridized carbons (Fsp3) is 0.346. The number of anilines is 1. The van der Waals surface area contributed by atoms with Crippen molar-refractivity contribution in [3.8, 4) is 12.3 Å². The van der Waals surface area contributed by atoms with Crippen molar-refractivity contribution in [2.24, 2.45) is 11.8 Å². The van der Waals surface area contributed by atoms with Gasteiger partial charge in [0.15, 0.2) is 0 Å². The monoisotopic (exact) mass is 466 g/mol. The molecule has 3 rings (SSSR count). The average molecular weight is 467 g/mol. The van der Waals surface area contributed by atoms with E-state index in [0.29, 0.717) is 42.9 Å². The van der Waals surface area contributed by atoms with E-state index in [1.54, 1.807) is 24.3 Å². The Labute approximate surface area is 199 Å². The molecule has 0 aliphatic heterocycles. The molecule has 172 valence electrons. The van der Waals surface area contributed by atoms with Crippen molar-refractivity contribution >= 4 is 35.1 Å². The lowest BCUT2D eigenvalue weighted by Crippen LogP contribution is -2.54. The van der Waals surface area contributed by atoms with Crippen molar-refractivity contribution < 1.29 is 19.1 Å². The number of carbonyl (C=O) groups excluding carboxylic acids is 3. The van der Waals surface area contributed by atoms with Crippen LogP contribution in [0.3, 0.4) is 0 Å². The van der Waals surface area contributed by atoms with Crippen LogP contribution < -0.4 is 10.2 Å². The van der Waals surface area contributed by atoms with Gasteiger partial charge in [0.1, 0.15) is 6.04 Å². The largest absolute Gasteiger partial charge is 0.469 e. The Morgan fingerprint density at radius 2 is 1.82 bits per heavy atom. The average Bonchev–Trinajstić information content (AvgIpc) is 2.85. The Bertz CT molecular complexity index is 1030. The number of ether oxygens (including phenoxy) is 1. The third-order valence-electron chi connectivity index (χ3n) is 6.04. The van der Waals surface area contributed by atoms with Gasteiger partial charge in [0.05, 0.1) is 13.0 Å². The number of halogens is 1. The van der Waals surface area contributed by atoms with E-state index < -0.39 is 11.9 Å². The summed E-state index contributed by atoms with van der Waals surface area (Å²) in [5.74, 6) is 0.603. The minimum absolute atomic E-state index is 0.182. The molecule has 33 heavy (non-hydrogen) atoms. The standard InChI is InChI=1S/C26H27ClN2O4/c1-3-23(30)29(22-11-7-10-21(27)16-22)24(19-12-14-20(15-13-19)26(32)33-2)25(31)28-17-18-8-5-4-6-9-18/h1,4-11,16,19-20,24H,12-15,17H2,2H3,(H,28,31). The second-order valence-electron chi connectivity index (χ2n) is 8.08. The number of hydrogen-bond acceptors (Lipinski definition) is 4. The van der Waals surface area contributed by atoms with E-state index in [0.717, 1.165) is 5.56 Å². The summed E-state index contributed by atoms with van der Waals surface area (Å²) in [6.07, 6.45) is 7.81. The first-order valence-electron chi connectivity index (χ1n) is 10.9. The van der Waals surface area contributed by atoms with Gasteiger partial charge in [-0.3, -0.25) is 19.3 Å². The minimum atomic E-state index is -0.839. The molecule has 1 N–H and O–H groups in total. The maximum Gasteiger partial charge on any atom is 0.308 e. The predicted molar refractivity (Wildman–Crippen MR) is 127 cm³/mol. The maximum atomic E-state index is 13.5. The molecule has 0 heterocycles. The second kappa shape index (κ2) is 11.5. The molecule has 0 saturated heterocycles. The zero-order valence-electron chi connectivity index (χ0n) is 18.5. The van der Waals surface area contributed by atoms with E-state index in [1.807, 2.05) is 30.3 Å². The number of carbonyl (C=O) groups is 3. The Morgan fingerprint density at radius 1 is 1.12 bits per heavy atom. The zero-order valence-corrected chi connectivity index (χ0v) is 19.3. The lowest BCUT2D eigenvalue weighted by Gasteiger charge is -2.38. The summed E-state index contributed by atoms with van der Waals surface area (Å²) in [5, 5.41) is 3.39. The van der Waals surface area contributed by atoms with Gasteiger partial charge < -0.3 is 10.1 Å². The van der Waals surface area contributed by atoms with Gasteiger partial charge in [-0.2, -0.15) is 0 Å². The minimum Gasteiger partial charge on any atom is -0.469 e. The van der Waals surface area contributed by atoms with Crippen LogP contribution >= 0.6 is 11.6 Å². The highest BCUT2D eigenvalue weighted by Gasteiger charge is 2.40. The molecule has 1 aliphatic carbocycles. The molecule has 2 aromatic rings. The predicted octanol–water partition coefficient (Wildman–Crippen LogP) is 3.97. The summed E-state index contributed by atoms with van der Waals surface area (Å²) in [4.78, 5) is 39.7. The van der Waals surface area contributed by atoms with Crippen molar-refractivity contribution in [1.82, 2.24) is 5.32 Å². The van der Waals surface area contributed by atoms with Gasteiger partial charge in [-0.15, -0.1) is 6.42 Å². The second-order valence-corrected chi connectivity index (χ2v) is 8.52. The molecule has 1 fully saturated rings. The highest BCUT2D eigenvalue weighted by Crippen LogP contribution is 2.35. The van der Waals surface area contributed by atoms with Gasteiger partial charge in [0.2, 0.25) is 5.91 Å². The summed E-state index contributed by atoms with van der Waals surface area (Å²) in [6, 6.07) is 15.4. The van der Waals surface area contributed by atoms with E-state index >= 15 is 0 Å². The van der Waals surface area contributed by atoms with Crippen molar-refractivity contribution in [3.05, 3.63) is 65.2 Å². The quantitative estimate of drug-likeness (QED) is 0.495. The lowest BCUT2D eigenvalue weighted by atomic mass is 9.77. The van der Waals surface area contributed by atoms with Gasteiger partial charge in [0.25, 0.3) is 0 Å². The van der Waals surface area contributed by atoms with E-state index in [1.165, 1.54) is 12.0 Å². The SMILES string of the molecule is C#CC(=O)N(c1cccc(Cl)c1)C(C(=O)NCc1ccccc1)C1CCC(C(=O)OC)CC1. The number of esters is 1. The molecular formula is C26H27ClN2O4. The number of hydrogen-bond donors (Lipinski definition) is 1. The van der Waals surface area contributed by atoms with E-state index in [4.69, 9.17) is 22.8 Å². The molecule has 2 amide bonds. The first-order valence-corrected chi connectivity index (χ1v) is 11.3. The number of terminal acetylenes is 1. The van der Waals surface area contributed by atoms with Gasteiger partial charge >= 0.3 is 11.9 Å². The molecule has 0 spiro atoms. The van der Waals surface area contributed by atoms with Gasteiger partial charge in [-0.25, -0.2) is 0 Å². The number of amides is 2. The molecular weight excluding hydrogens is 440 g/mol. The molecule has 0 bridgehead atoms. The molecule has 0 radical (unpaired) electrons. The molecule has 1 atom stereocenters. The number of rotatable bonds is 7. The number of methoxy groups -OCH3 is 1. The molecule has 0 aromatic heterocycles. The highest BCUT2D eigenvalue weighted by atomic mass is 35.5. The summed E-state index contributed by atoms with van der Waals surface area (Å²) >= 11 is 6.18. The highest BCUT2D eigenvalue weighted by molar-refractivity contribution is 6.31. The molecule has 1 saturated carbocycles. The van der Waals surface area contributed by atoms with Crippen LogP contribution in [0.5, 0.6) is 0 Å². The van der Waals surface area contributed by atoms with Crippen molar-refractivity contribution in [1.29, 1.82) is 0 Å². The molecule has 7 heteroatoms. The van der Waals surface area contributed by atoms with Crippen molar-refractivity contribution in [2.45, 2.75) is 38.3 Å². The summed E-state index contributed by atoms with van der Waals surface area (Å²) in [7, 11) is 1.38. The Hall–Kier alpha value is -3.30. The first kappa shape index (κ1) is 24.3. The molecule has 1 aliphatic rings. The fourth-order valence-corrected chi connectivity index (χ4v) is 4.55. The Balaban J connectivity index is 1.90. The Kier molecular flexibility index (Phi) is 8.51. The molecule has 2 aromatic carbocycles. The van der Waals surface area contributed by atoms with Crippen LogP contribution in [0.15, 0.2) is 54.6 Å². The number of nitrogens with one attached hydrogen (secondary N) is 1. The van der Waals surface area contributed by atoms with E-state index in [2.05, 4.69) is 11.2 Å². The van der Waals surface area contributed by atoms with Crippen LogP contribution in [0.2, 0.25) is 5.02 Å². The topological polar surface area (TPSA) is 75.7 Å². The van der Waals surface area contributed by atoms with Crippen molar-refractivity contribution in [2.75, 3.05) is 12.0 Å². The van der Waals surface area contributed by atoms with Gasteiger partial charge in [-0.1, -0.05) is 48.0 Å². The van der Waals surface area contributed by atoms with Crippen LogP contribution in [-0.4, -0.2) is 30.9 Å². The normalized spacial score (nSPS) is 18.5. The van der Waals surface area contributed by atoms with Crippen LogP contribution in [0.25, 0.3) is 0 Å². The van der Waals surface area contributed by atoms with Crippen molar-refractivity contribution in [3.63, 3.8) is 0 Å². The lowest BCUT2D eigenvalue weighted by molar-refractivity contribution is -0.147. The van der Waals surface area contributed by atoms with E-state index in [9.17, 15) is 14.4 Å². The smallest absolute Gasteiger partial charge is 0.308 e. The summed E-state index contributed by atoms with van der Waals surface area (Å²) < 4.78 is 4.88. The third kappa shape index (κ3) is 6.15. The van der Waals surface area contributed by atoms with Crippen LogP contribution in [0, 0.1) is 24.2 Å². The van der Waals surface area contributed by atoms with E-state index in [-0.39, 0.29) is 23.7 Å². The van der Waals surface area contributed by atoms with Crippen LogP contribution in [-0.2, 0) is 25.7 Å². The third-order valence-corrected chi connectivity index (χ3v) is 6.27. The Morgan fingerprint density at radius 3 is 2.42 bits per heavy atom. The zero-order chi connectivity index (χ0) is 23.8. The molecule has 1 unspecified atom stereocenters. The maximum absolute atomic E-state index is 13.5. The summed E-state index contributed by atoms with van der Waals surface area (Å²) in [5.41, 5.74) is 1.40. The first-order chi connectivity index (χ1) is 15.9. The number of nitrogens with zero attached hydrogens (tertiary/aromatic N) is 1. The van der Waals surface area contributed by atoms with Gasteiger partial charge in [0, 0.05) is 17.3 Å². The fourth-order valence-electron chi connectivity index (χ4n) is 4.37. The number of benzene rings is 2. The van der Waals surface area contributed by atoms with Crippen LogP contribution in [0.4, 0.5) is 5.69 Å². The molecule has 6 nitrogen and oxygen atoms in total. The van der Waals surface area contributed by atoms with Gasteiger partial charge in [-0.05, 0) is 61.3 Å².